The maximum Gasteiger partial charge on any atom is 0.311 e. The first kappa shape index (κ1) is 14.6. The number of hydrogen-bond acceptors (Lipinski definition) is 5. The lowest BCUT2D eigenvalue weighted by Crippen LogP contribution is -2.05. The number of rotatable bonds is 6. The van der Waals surface area contributed by atoms with Crippen molar-refractivity contribution in [3.05, 3.63) is 58.1 Å². The molecule has 0 aliphatic rings. The van der Waals surface area contributed by atoms with Crippen LogP contribution in [0, 0.1) is 10.1 Å². The first-order chi connectivity index (χ1) is 10.1. The third-order valence-electron chi connectivity index (χ3n) is 3.06. The van der Waals surface area contributed by atoms with Crippen molar-refractivity contribution in [1.29, 1.82) is 0 Å². The van der Waals surface area contributed by atoms with Crippen LogP contribution in [0.1, 0.15) is 5.56 Å². The maximum atomic E-state index is 10.8. The standard InChI is InChI=1S/C15H16N2O4/c1-21-15-10-12(4-7-14(15)17(19)20)16-9-8-11-2-5-13(18)6-3-11/h2-7,10,16,18H,8-9H2,1H3. The van der Waals surface area contributed by atoms with Crippen LogP contribution in [0.4, 0.5) is 11.4 Å². The first-order valence-corrected chi connectivity index (χ1v) is 6.44. The zero-order valence-corrected chi connectivity index (χ0v) is 11.6. The summed E-state index contributed by atoms with van der Waals surface area (Å²) in [6.07, 6.45) is 0.777. The van der Waals surface area contributed by atoms with Gasteiger partial charge in [0.05, 0.1) is 12.0 Å². The minimum absolute atomic E-state index is 0.0541. The van der Waals surface area contributed by atoms with Crippen LogP contribution in [0.25, 0.3) is 0 Å². The molecule has 0 aromatic heterocycles. The number of nitro groups is 1. The fraction of sp³-hybridized carbons (Fsp3) is 0.200. The monoisotopic (exact) mass is 288 g/mol. The van der Waals surface area contributed by atoms with Crippen molar-refractivity contribution in [3.8, 4) is 11.5 Å². The molecule has 0 amide bonds. The number of nitrogens with one attached hydrogen (secondary N) is 1. The van der Waals surface area contributed by atoms with Crippen LogP contribution >= 0.6 is 0 Å². The molecule has 0 radical (unpaired) electrons. The second kappa shape index (κ2) is 6.60. The molecule has 0 heterocycles. The molecule has 0 saturated carbocycles. The van der Waals surface area contributed by atoms with Gasteiger partial charge in [0.15, 0.2) is 5.75 Å². The largest absolute Gasteiger partial charge is 0.508 e. The fourth-order valence-electron chi connectivity index (χ4n) is 1.95. The van der Waals surface area contributed by atoms with Crippen LogP contribution in [-0.4, -0.2) is 23.7 Å². The lowest BCUT2D eigenvalue weighted by atomic mass is 10.1. The minimum Gasteiger partial charge on any atom is -0.508 e. The summed E-state index contributed by atoms with van der Waals surface area (Å²) in [5.41, 5.74) is 1.80. The third kappa shape index (κ3) is 3.85. The predicted octanol–water partition coefficient (Wildman–Crippen LogP) is 2.96. The molecule has 0 saturated heterocycles. The van der Waals surface area contributed by atoms with E-state index >= 15 is 0 Å². The van der Waals surface area contributed by atoms with E-state index in [9.17, 15) is 15.2 Å². The summed E-state index contributed by atoms with van der Waals surface area (Å²) in [5, 5.41) is 23.2. The van der Waals surface area contributed by atoms with Gasteiger partial charge in [-0.3, -0.25) is 10.1 Å². The van der Waals surface area contributed by atoms with Gasteiger partial charge in [0.2, 0.25) is 0 Å². The van der Waals surface area contributed by atoms with E-state index in [-0.39, 0.29) is 17.2 Å². The van der Waals surface area contributed by atoms with Crippen LogP contribution in [0.2, 0.25) is 0 Å². The van der Waals surface area contributed by atoms with Gasteiger partial charge in [-0.15, -0.1) is 0 Å². The van der Waals surface area contributed by atoms with E-state index in [1.165, 1.54) is 13.2 Å². The molecule has 21 heavy (non-hydrogen) atoms. The molecule has 0 aliphatic carbocycles. The summed E-state index contributed by atoms with van der Waals surface area (Å²) in [7, 11) is 1.41. The molecule has 0 aliphatic heterocycles. The number of methoxy groups -OCH3 is 1. The van der Waals surface area contributed by atoms with Crippen molar-refractivity contribution in [2.45, 2.75) is 6.42 Å². The SMILES string of the molecule is COc1cc(NCCc2ccc(O)cc2)ccc1[N+](=O)[O-]. The quantitative estimate of drug-likeness (QED) is 0.630. The Morgan fingerprint density at radius 2 is 1.95 bits per heavy atom. The molecule has 2 N–H and O–H groups in total. The number of anilines is 1. The highest BCUT2D eigenvalue weighted by Crippen LogP contribution is 2.29. The molecule has 0 bridgehead atoms. The second-order valence-electron chi connectivity index (χ2n) is 4.49. The molecule has 6 heteroatoms. The molecule has 0 atom stereocenters. The van der Waals surface area contributed by atoms with Crippen LogP contribution in [-0.2, 0) is 6.42 Å². The number of phenols is 1. The molecule has 0 fully saturated rings. The number of benzene rings is 2. The summed E-state index contributed by atoms with van der Waals surface area (Å²) in [4.78, 5) is 10.3. The van der Waals surface area contributed by atoms with Crippen molar-refractivity contribution in [1.82, 2.24) is 0 Å². The zero-order chi connectivity index (χ0) is 15.2. The summed E-state index contributed by atoms with van der Waals surface area (Å²) >= 11 is 0. The van der Waals surface area contributed by atoms with Crippen LogP contribution in [0.5, 0.6) is 11.5 Å². The lowest BCUT2D eigenvalue weighted by molar-refractivity contribution is -0.385. The highest BCUT2D eigenvalue weighted by molar-refractivity contribution is 5.58. The number of nitrogens with zero attached hydrogens (tertiary/aromatic N) is 1. The second-order valence-corrected chi connectivity index (χ2v) is 4.49. The van der Waals surface area contributed by atoms with Gasteiger partial charge in [0.25, 0.3) is 0 Å². The van der Waals surface area contributed by atoms with Gasteiger partial charge in [-0.25, -0.2) is 0 Å². The molecule has 2 aromatic rings. The number of phenolic OH excluding ortho intramolecular Hbond substituents is 1. The number of nitro benzene ring substituents is 1. The van der Waals surface area contributed by atoms with Crippen molar-refractivity contribution in [3.63, 3.8) is 0 Å². The van der Waals surface area contributed by atoms with Crippen LogP contribution in [0.15, 0.2) is 42.5 Å². The normalized spacial score (nSPS) is 10.1. The predicted molar refractivity (Wildman–Crippen MR) is 79.9 cm³/mol. The maximum absolute atomic E-state index is 10.8. The van der Waals surface area contributed by atoms with Gasteiger partial charge in [0, 0.05) is 24.4 Å². The van der Waals surface area contributed by atoms with E-state index in [1.807, 2.05) is 12.1 Å². The Labute approximate surface area is 122 Å². The third-order valence-corrected chi connectivity index (χ3v) is 3.06. The minimum atomic E-state index is -0.473. The topological polar surface area (TPSA) is 84.6 Å². The Morgan fingerprint density at radius 3 is 2.57 bits per heavy atom. The van der Waals surface area contributed by atoms with E-state index in [0.29, 0.717) is 6.54 Å². The Morgan fingerprint density at radius 1 is 1.24 bits per heavy atom. The van der Waals surface area contributed by atoms with Crippen LogP contribution < -0.4 is 10.1 Å². The molecule has 2 rings (SSSR count). The number of hydrogen-bond donors (Lipinski definition) is 2. The lowest BCUT2D eigenvalue weighted by Gasteiger charge is -2.08. The summed E-state index contributed by atoms with van der Waals surface area (Å²) in [6.45, 7) is 0.672. The average molecular weight is 288 g/mol. The van der Waals surface area contributed by atoms with E-state index in [0.717, 1.165) is 17.7 Å². The summed E-state index contributed by atoms with van der Waals surface area (Å²) in [5.74, 6) is 0.474. The Bertz CT molecular complexity index is 626. The van der Waals surface area contributed by atoms with E-state index in [2.05, 4.69) is 5.32 Å². The molecule has 110 valence electrons. The van der Waals surface area contributed by atoms with Gasteiger partial charge in [-0.2, -0.15) is 0 Å². The van der Waals surface area contributed by atoms with Crippen LogP contribution in [0.3, 0.4) is 0 Å². The van der Waals surface area contributed by atoms with E-state index in [4.69, 9.17) is 4.74 Å². The smallest absolute Gasteiger partial charge is 0.311 e. The zero-order valence-electron chi connectivity index (χ0n) is 11.6. The highest BCUT2D eigenvalue weighted by atomic mass is 16.6. The molecule has 0 spiro atoms. The van der Waals surface area contributed by atoms with Crippen molar-refractivity contribution in [2.24, 2.45) is 0 Å². The van der Waals surface area contributed by atoms with Gasteiger partial charge < -0.3 is 15.2 Å². The highest BCUT2D eigenvalue weighted by Gasteiger charge is 2.14. The number of ether oxygens (including phenoxy) is 1. The van der Waals surface area contributed by atoms with Gasteiger partial charge in [0.1, 0.15) is 5.75 Å². The summed E-state index contributed by atoms with van der Waals surface area (Å²) < 4.78 is 5.02. The Balaban J connectivity index is 1.97. The summed E-state index contributed by atoms with van der Waals surface area (Å²) in [6, 6.07) is 11.7. The first-order valence-electron chi connectivity index (χ1n) is 6.44. The fourth-order valence-corrected chi connectivity index (χ4v) is 1.95. The molecular formula is C15H16N2O4. The Hall–Kier alpha value is -2.76. The van der Waals surface area contributed by atoms with E-state index in [1.54, 1.807) is 24.3 Å². The molecule has 6 nitrogen and oxygen atoms in total. The van der Waals surface area contributed by atoms with Gasteiger partial charge >= 0.3 is 5.69 Å². The molecule has 0 unspecified atom stereocenters. The van der Waals surface area contributed by atoms with Gasteiger partial charge in [-0.05, 0) is 30.2 Å². The van der Waals surface area contributed by atoms with Crippen molar-refractivity contribution in [2.75, 3.05) is 19.0 Å². The number of aromatic hydroxyl groups is 1. The molecular weight excluding hydrogens is 272 g/mol. The molecule has 2 aromatic carbocycles. The van der Waals surface area contributed by atoms with E-state index < -0.39 is 4.92 Å². The van der Waals surface area contributed by atoms with Crippen molar-refractivity contribution >= 4 is 11.4 Å². The van der Waals surface area contributed by atoms with Gasteiger partial charge in [-0.1, -0.05) is 12.1 Å². The van der Waals surface area contributed by atoms with Crippen molar-refractivity contribution < 1.29 is 14.8 Å². The Kier molecular flexibility index (Phi) is 4.61. The average Bonchev–Trinajstić information content (AvgIpc) is 2.49.